The van der Waals surface area contributed by atoms with E-state index in [0.717, 1.165) is 32.2 Å². The molecular weight excluding hydrogens is 194 g/mol. The number of carboxylic acids is 1. The summed E-state index contributed by atoms with van der Waals surface area (Å²) in [6.07, 6.45) is 4.67. The highest BCUT2D eigenvalue weighted by atomic mass is 16.4. The van der Waals surface area contributed by atoms with Crippen molar-refractivity contribution in [2.75, 3.05) is 13.1 Å². The van der Waals surface area contributed by atoms with Crippen LogP contribution >= 0.6 is 0 Å². The molecule has 0 aromatic heterocycles. The summed E-state index contributed by atoms with van der Waals surface area (Å²) in [5.74, 6) is -0.728. The topological polar surface area (TPSA) is 57.6 Å². The Bertz CT molecular complexity index is 273. The second kappa shape index (κ2) is 4.21. The van der Waals surface area contributed by atoms with Gasteiger partial charge in [0.2, 0.25) is 5.91 Å². The van der Waals surface area contributed by atoms with E-state index in [2.05, 4.69) is 0 Å². The highest BCUT2D eigenvalue weighted by Gasteiger charge is 2.33. The second-order valence-electron chi connectivity index (χ2n) is 4.59. The first kappa shape index (κ1) is 10.5. The number of carboxylic acid groups (broad SMARTS) is 1. The Morgan fingerprint density at radius 1 is 1.07 bits per heavy atom. The number of aliphatic carboxylic acids is 1. The van der Waals surface area contributed by atoms with Crippen LogP contribution in [-0.2, 0) is 9.59 Å². The van der Waals surface area contributed by atoms with Gasteiger partial charge in [0.05, 0.1) is 5.92 Å². The summed E-state index contributed by atoms with van der Waals surface area (Å²) in [7, 11) is 0. The quantitative estimate of drug-likeness (QED) is 0.744. The average molecular weight is 211 g/mol. The van der Waals surface area contributed by atoms with Crippen LogP contribution in [-0.4, -0.2) is 35.0 Å². The summed E-state index contributed by atoms with van der Waals surface area (Å²) in [6, 6.07) is 0. The van der Waals surface area contributed by atoms with Crippen LogP contribution in [0.3, 0.4) is 0 Å². The molecule has 0 unspecified atom stereocenters. The highest BCUT2D eigenvalue weighted by Crippen LogP contribution is 2.29. The maximum Gasteiger partial charge on any atom is 0.308 e. The molecule has 2 aliphatic rings. The number of nitrogens with zero attached hydrogens (tertiary/aromatic N) is 1. The molecule has 0 radical (unpaired) electrons. The van der Waals surface area contributed by atoms with Gasteiger partial charge in [-0.2, -0.15) is 0 Å². The Morgan fingerprint density at radius 3 is 2.27 bits per heavy atom. The predicted molar refractivity (Wildman–Crippen MR) is 54.3 cm³/mol. The molecule has 1 aliphatic heterocycles. The first-order chi connectivity index (χ1) is 7.18. The third-order valence-electron chi connectivity index (χ3n) is 3.54. The lowest BCUT2D eigenvalue weighted by Gasteiger charge is -2.36. The van der Waals surface area contributed by atoms with E-state index in [1.807, 2.05) is 0 Å². The number of amides is 1. The lowest BCUT2D eigenvalue weighted by atomic mass is 9.83. The molecule has 1 N–H and O–H groups in total. The molecule has 1 atom stereocenters. The standard InChI is InChI=1S/C11H17NO3/c13-10(8-3-1-4-8)12-6-2-5-9(7-12)11(14)15/h8-9H,1-7H2,(H,14,15)/t9-/m0/s1. The predicted octanol–water partition coefficient (Wildman–Crippen LogP) is 1.11. The lowest BCUT2D eigenvalue weighted by Crippen LogP contribution is -2.46. The van der Waals surface area contributed by atoms with Gasteiger partial charge in [-0.1, -0.05) is 6.42 Å². The van der Waals surface area contributed by atoms with E-state index in [4.69, 9.17) is 5.11 Å². The molecule has 2 rings (SSSR count). The summed E-state index contributed by atoms with van der Waals surface area (Å²) in [6.45, 7) is 1.17. The van der Waals surface area contributed by atoms with Crippen molar-refractivity contribution in [1.29, 1.82) is 0 Å². The molecule has 1 amide bonds. The van der Waals surface area contributed by atoms with Gasteiger partial charge in [-0.15, -0.1) is 0 Å². The smallest absolute Gasteiger partial charge is 0.308 e. The van der Waals surface area contributed by atoms with Gasteiger partial charge >= 0.3 is 5.97 Å². The van der Waals surface area contributed by atoms with Crippen molar-refractivity contribution < 1.29 is 14.7 Å². The fourth-order valence-electron chi connectivity index (χ4n) is 2.29. The van der Waals surface area contributed by atoms with Crippen molar-refractivity contribution in [1.82, 2.24) is 4.90 Å². The summed E-state index contributed by atoms with van der Waals surface area (Å²) in [5, 5.41) is 8.91. The molecule has 84 valence electrons. The van der Waals surface area contributed by atoms with Crippen molar-refractivity contribution in [2.24, 2.45) is 11.8 Å². The molecule has 0 aromatic carbocycles. The zero-order valence-electron chi connectivity index (χ0n) is 8.82. The first-order valence-electron chi connectivity index (χ1n) is 5.70. The van der Waals surface area contributed by atoms with Gasteiger partial charge in [-0.05, 0) is 25.7 Å². The van der Waals surface area contributed by atoms with E-state index in [0.29, 0.717) is 13.0 Å². The van der Waals surface area contributed by atoms with Crippen molar-refractivity contribution in [3.63, 3.8) is 0 Å². The largest absolute Gasteiger partial charge is 0.481 e. The van der Waals surface area contributed by atoms with Crippen molar-refractivity contribution in [3.8, 4) is 0 Å². The van der Waals surface area contributed by atoms with Crippen LogP contribution in [0.15, 0.2) is 0 Å². The van der Waals surface area contributed by atoms with Crippen molar-refractivity contribution >= 4 is 11.9 Å². The van der Waals surface area contributed by atoms with Crippen molar-refractivity contribution in [2.45, 2.75) is 32.1 Å². The molecule has 1 saturated heterocycles. The lowest BCUT2D eigenvalue weighted by molar-refractivity contribution is -0.147. The molecule has 1 saturated carbocycles. The highest BCUT2D eigenvalue weighted by molar-refractivity contribution is 5.80. The van der Waals surface area contributed by atoms with E-state index in [-0.39, 0.29) is 17.7 Å². The molecule has 1 heterocycles. The summed E-state index contributed by atoms with van der Waals surface area (Å²) >= 11 is 0. The maximum atomic E-state index is 11.9. The van der Waals surface area contributed by atoms with Gasteiger partial charge in [-0.25, -0.2) is 0 Å². The van der Waals surface area contributed by atoms with Gasteiger partial charge in [0.15, 0.2) is 0 Å². The second-order valence-corrected chi connectivity index (χ2v) is 4.59. The van der Waals surface area contributed by atoms with Crippen LogP contribution in [0.5, 0.6) is 0 Å². The van der Waals surface area contributed by atoms with Crippen LogP contribution in [0.1, 0.15) is 32.1 Å². The summed E-state index contributed by atoms with van der Waals surface area (Å²) < 4.78 is 0. The molecular formula is C11H17NO3. The van der Waals surface area contributed by atoms with Crippen LogP contribution in [0, 0.1) is 11.8 Å². The SMILES string of the molecule is O=C(O)[C@H]1CCCN(C(=O)C2CCC2)C1. The van der Waals surface area contributed by atoms with E-state index in [1.54, 1.807) is 4.90 Å². The molecule has 0 aromatic rings. The molecule has 15 heavy (non-hydrogen) atoms. The van der Waals surface area contributed by atoms with Crippen LogP contribution in [0.25, 0.3) is 0 Å². The van der Waals surface area contributed by atoms with Gasteiger partial charge in [0.1, 0.15) is 0 Å². The molecule has 4 nitrogen and oxygen atoms in total. The minimum atomic E-state index is -0.763. The summed E-state index contributed by atoms with van der Waals surface area (Å²) in [5.41, 5.74) is 0. The summed E-state index contributed by atoms with van der Waals surface area (Å²) in [4.78, 5) is 24.5. The zero-order chi connectivity index (χ0) is 10.8. The maximum absolute atomic E-state index is 11.9. The Kier molecular flexibility index (Phi) is 2.93. The Hall–Kier alpha value is -1.06. The van der Waals surface area contributed by atoms with Crippen LogP contribution in [0.2, 0.25) is 0 Å². The number of likely N-dealkylation sites (tertiary alicyclic amines) is 1. The Morgan fingerprint density at radius 2 is 1.73 bits per heavy atom. The normalized spacial score (nSPS) is 27.2. The average Bonchev–Trinajstić information content (AvgIpc) is 2.15. The van der Waals surface area contributed by atoms with E-state index < -0.39 is 5.97 Å². The minimum absolute atomic E-state index is 0.187. The van der Waals surface area contributed by atoms with E-state index in [1.165, 1.54) is 0 Å². The third-order valence-corrected chi connectivity index (χ3v) is 3.54. The van der Waals surface area contributed by atoms with Gasteiger partial charge < -0.3 is 10.0 Å². The molecule has 2 fully saturated rings. The van der Waals surface area contributed by atoms with E-state index >= 15 is 0 Å². The Balaban J connectivity index is 1.91. The zero-order valence-corrected chi connectivity index (χ0v) is 8.82. The number of carbonyl (C=O) groups excluding carboxylic acids is 1. The van der Waals surface area contributed by atoms with Gasteiger partial charge in [0.25, 0.3) is 0 Å². The van der Waals surface area contributed by atoms with Gasteiger partial charge in [-0.3, -0.25) is 9.59 Å². The first-order valence-corrected chi connectivity index (χ1v) is 5.70. The number of carbonyl (C=O) groups is 2. The van der Waals surface area contributed by atoms with Gasteiger partial charge in [0, 0.05) is 19.0 Å². The fraction of sp³-hybridized carbons (Fsp3) is 0.818. The van der Waals surface area contributed by atoms with Crippen LogP contribution in [0.4, 0.5) is 0 Å². The number of rotatable bonds is 2. The fourth-order valence-corrected chi connectivity index (χ4v) is 2.29. The molecule has 0 spiro atoms. The number of hydrogen-bond acceptors (Lipinski definition) is 2. The molecule has 4 heteroatoms. The van der Waals surface area contributed by atoms with Crippen molar-refractivity contribution in [3.05, 3.63) is 0 Å². The third kappa shape index (κ3) is 2.13. The molecule has 0 bridgehead atoms. The Labute approximate surface area is 89.3 Å². The number of piperidine rings is 1. The van der Waals surface area contributed by atoms with E-state index in [9.17, 15) is 9.59 Å². The number of hydrogen-bond donors (Lipinski definition) is 1. The van der Waals surface area contributed by atoms with Crippen LogP contribution < -0.4 is 0 Å². The molecule has 1 aliphatic carbocycles. The monoisotopic (exact) mass is 211 g/mol. The minimum Gasteiger partial charge on any atom is -0.481 e.